The summed E-state index contributed by atoms with van der Waals surface area (Å²) in [5, 5.41) is 7.50. The van der Waals surface area contributed by atoms with Gasteiger partial charge in [0.1, 0.15) is 0 Å². The smallest absolute Gasteiger partial charge is 0.228 e. The van der Waals surface area contributed by atoms with Crippen LogP contribution in [0.25, 0.3) is 0 Å². The first-order chi connectivity index (χ1) is 11.5. The highest BCUT2D eigenvalue weighted by atomic mass is 32.1. The molecule has 1 atom stereocenters. The van der Waals surface area contributed by atoms with Gasteiger partial charge in [-0.15, -0.1) is 11.3 Å². The van der Waals surface area contributed by atoms with Crippen molar-refractivity contribution < 1.29 is 14.4 Å². The van der Waals surface area contributed by atoms with Crippen molar-refractivity contribution in [1.29, 1.82) is 0 Å². The summed E-state index contributed by atoms with van der Waals surface area (Å²) >= 11 is 1.41. The maximum Gasteiger partial charge on any atom is 0.228 e. The van der Waals surface area contributed by atoms with E-state index in [1.54, 1.807) is 6.07 Å². The number of carbonyl (C=O) groups excluding carboxylic acids is 3. The Bertz CT molecular complexity index is 784. The summed E-state index contributed by atoms with van der Waals surface area (Å²) < 4.78 is 0. The number of thiophene rings is 1. The summed E-state index contributed by atoms with van der Waals surface area (Å²) in [6.45, 7) is 1.83. The van der Waals surface area contributed by atoms with Gasteiger partial charge in [-0.05, 0) is 35.6 Å². The van der Waals surface area contributed by atoms with Crippen molar-refractivity contribution in [2.45, 2.75) is 32.2 Å². The molecule has 2 N–H and O–H groups in total. The zero-order chi connectivity index (χ0) is 17.1. The van der Waals surface area contributed by atoms with E-state index in [0.29, 0.717) is 11.3 Å². The van der Waals surface area contributed by atoms with Gasteiger partial charge in [0.25, 0.3) is 0 Å². The van der Waals surface area contributed by atoms with Crippen molar-refractivity contribution in [2.75, 3.05) is 5.32 Å². The number of benzene rings is 1. The lowest BCUT2D eigenvalue weighted by atomic mass is 10.1. The minimum atomic E-state index is -0.221. The van der Waals surface area contributed by atoms with Crippen molar-refractivity contribution in [3.63, 3.8) is 0 Å². The third-order valence-corrected chi connectivity index (χ3v) is 4.77. The van der Waals surface area contributed by atoms with Crippen molar-refractivity contribution in [2.24, 2.45) is 0 Å². The fraction of sp³-hybridized carbons (Fsp3) is 0.278. The van der Waals surface area contributed by atoms with Crippen LogP contribution in [0.5, 0.6) is 0 Å². The normalized spacial score (nSPS) is 14.0. The molecule has 0 saturated carbocycles. The average Bonchev–Trinajstić information content (AvgIpc) is 3.14. The van der Waals surface area contributed by atoms with Crippen LogP contribution in [0.3, 0.4) is 0 Å². The molecule has 0 aliphatic carbocycles. The van der Waals surface area contributed by atoms with E-state index >= 15 is 0 Å². The second kappa shape index (κ2) is 6.97. The van der Waals surface area contributed by atoms with Gasteiger partial charge in [0.15, 0.2) is 5.78 Å². The first kappa shape index (κ1) is 16.4. The van der Waals surface area contributed by atoms with Gasteiger partial charge in [0.2, 0.25) is 11.8 Å². The number of rotatable bonds is 6. The highest BCUT2D eigenvalue weighted by molar-refractivity contribution is 7.12. The number of Topliss-reactive ketones (excluding diaryl/α,β-unsaturated/α-hetero) is 1. The van der Waals surface area contributed by atoms with Crippen molar-refractivity contribution >= 4 is 34.6 Å². The van der Waals surface area contributed by atoms with Gasteiger partial charge in [-0.3, -0.25) is 14.4 Å². The molecule has 2 aromatic rings. The summed E-state index contributed by atoms with van der Waals surface area (Å²) in [6.07, 6.45) is 0.900. The third kappa shape index (κ3) is 3.89. The Morgan fingerprint density at radius 1 is 1.33 bits per heavy atom. The van der Waals surface area contributed by atoms with Crippen LogP contribution in [0.4, 0.5) is 5.69 Å². The maximum atomic E-state index is 12.1. The van der Waals surface area contributed by atoms with E-state index in [2.05, 4.69) is 10.6 Å². The van der Waals surface area contributed by atoms with Crippen LogP contribution < -0.4 is 10.6 Å². The summed E-state index contributed by atoms with van der Waals surface area (Å²) in [5.74, 6) is -0.115. The molecule has 1 aliphatic heterocycles. The molecule has 1 unspecified atom stereocenters. The molecule has 0 bridgehead atoms. The number of carbonyl (C=O) groups is 3. The number of amides is 2. The zero-order valence-corrected chi connectivity index (χ0v) is 14.1. The van der Waals surface area contributed by atoms with E-state index in [-0.39, 0.29) is 36.5 Å². The Morgan fingerprint density at radius 2 is 2.17 bits per heavy atom. The SMILES string of the molecule is CC(CC(=O)c1cccs1)NC(=O)Cc1ccc2c(c1)NC(=O)C2. The minimum Gasteiger partial charge on any atom is -0.353 e. The number of anilines is 1. The third-order valence-electron chi connectivity index (χ3n) is 3.86. The van der Waals surface area contributed by atoms with Gasteiger partial charge in [-0.2, -0.15) is 0 Å². The average molecular weight is 342 g/mol. The van der Waals surface area contributed by atoms with Crippen LogP contribution in [-0.2, 0) is 22.4 Å². The zero-order valence-electron chi connectivity index (χ0n) is 13.3. The molecule has 5 nitrogen and oxygen atoms in total. The topological polar surface area (TPSA) is 75.3 Å². The van der Waals surface area contributed by atoms with Crippen molar-refractivity contribution in [3.8, 4) is 0 Å². The number of ketones is 1. The van der Waals surface area contributed by atoms with Gasteiger partial charge < -0.3 is 10.6 Å². The molecular weight excluding hydrogens is 324 g/mol. The molecule has 24 heavy (non-hydrogen) atoms. The van der Waals surface area contributed by atoms with Gasteiger partial charge in [-0.25, -0.2) is 0 Å². The van der Waals surface area contributed by atoms with Gasteiger partial charge >= 0.3 is 0 Å². The van der Waals surface area contributed by atoms with Crippen molar-refractivity contribution in [1.82, 2.24) is 5.32 Å². The van der Waals surface area contributed by atoms with E-state index in [4.69, 9.17) is 0 Å². The van der Waals surface area contributed by atoms with Gasteiger partial charge in [0, 0.05) is 18.2 Å². The molecule has 124 valence electrons. The molecular formula is C18H18N2O3S. The molecule has 0 radical (unpaired) electrons. The highest BCUT2D eigenvalue weighted by Crippen LogP contribution is 2.24. The summed E-state index contributed by atoms with van der Waals surface area (Å²) in [5.41, 5.74) is 2.58. The Labute approximate surface area is 144 Å². The predicted molar refractivity (Wildman–Crippen MR) is 93.4 cm³/mol. The van der Waals surface area contributed by atoms with E-state index in [1.165, 1.54) is 11.3 Å². The standard InChI is InChI=1S/C18H18N2O3S/c1-11(7-15(21)16-3-2-6-24-16)19-17(22)9-12-4-5-13-10-18(23)20-14(13)8-12/h2-6,8,11H,7,9-10H2,1H3,(H,19,22)(H,20,23). The second-order valence-electron chi connectivity index (χ2n) is 5.97. The van der Waals surface area contributed by atoms with Gasteiger partial charge in [-0.1, -0.05) is 18.2 Å². The number of hydrogen-bond acceptors (Lipinski definition) is 4. The molecule has 1 aromatic heterocycles. The molecule has 0 fully saturated rings. The quantitative estimate of drug-likeness (QED) is 0.792. The van der Waals surface area contributed by atoms with Gasteiger partial charge in [0.05, 0.1) is 17.7 Å². The lowest BCUT2D eigenvalue weighted by molar-refractivity contribution is -0.121. The van der Waals surface area contributed by atoms with Crippen LogP contribution in [-0.4, -0.2) is 23.6 Å². The van der Waals surface area contributed by atoms with Crippen molar-refractivity contribution in [3.05, 3.63) is 51.7 Å². The van der Waals surface area contributed by atoms with Crippen LogP contribution in [0.1, 0.15) is 34.1 Å². The van der Waals surface area contributed by atoms with E-state index in [1.807, 2.05) is 36.6 Å². The summed E-state index contributed by atoms with van der Waals surface area (Å²) in [7, 11) is 0. The van der Waals surface area contributed by atoms with Crippen LogP contribution >= 0.6 is 11.3 Å². The lowest BCUT2D eigenvalue weighted by Crippen LogP contribution is -2.35. The number of fused-ring (bicyclic) bond motifs is 1. The molecule has 2 amide bonds. The molecule has 0 spiro atoms. The van der Waals surface area contributed by atoms with Crippen LogP contribution in [0.15, 0.2) is 35.7 Å². The fourth-order valence-electron chi connectivity index (χ4n) is 2.75. The number of hydrogen-bond donors (Lipinski definition) is 2. The molecule has 1 aliphatic rings. The summed E-state index contributed by atoms with van der Waals surface area (Å²) in [6, 6.07) is 8.98. The predicted octanol–water partition coefficient (Wildman–Crippen LogP) is 2.56. The number of nitrogens with one attached hydrogen (secondary N) is 2. The van der Waals surface area contributed by atoms with Crippen LogP contribution in [0.2, 0.25) is 0 Å². The fourth-order valence-corrected chi connectivity index (χ4v) is 3.43. The Kier molecular flexibility index (Phi) is 4.76. The molecule has 1 aromatic carbocycles. The monoisotopic (exact) mass is 342 g/mol. The summed E-state index contributed by atoms with van der Waals surface area (Å²) in [4.78, 5) is 36.3. The Hall–Kier alpha value is -2.47. The second-order valence-corrected chi connectivity index (χ2v) is 6.91. The van der Waals surface area contributed by atoms with E-state index in [0.717, 1.165) is 16.8 Å². The molecule has 2 heterocycles. The lowest BCUT2D eigenvalue weighted by Gasteiger charge is -2.13. The van der Waals surface area contributed by atoms with Crippen LogP contribution in [0, 0.1) is 0 Å². The molecule has 6 heteroatoms. The Balaban J connectivity index is 1.53. The highest BCUT2D eigenvalue weighted by Gasteiger charge is 2.19. The first-order valence-corrected chi connectivity index (χ1v) is 8.67. The molecule has 0 saturated heterocycles. The first-order valence-electron chi connectivity index (χ1n) is 7.79. The Morgan fingerprint density at radius 3 is 2.92 bits per heavy atom. The minimum absolute atomic E-state index is 0.0210. The maximum absolute atomic E-state index is 12.1. The van der Waals surface area contributed by atoms with E-state index < -0.39 is 0 Å². The molecule has 3 rings (SSSR count). The largest absolute Gasteiger partial charge is 0.353 e. The van der Waals surface area contributed by atoms with E-state index in [9.17, 15) is 14.4 Å².